The molecule has 0 aliphatic carbocycles. The predicted molar refractivity (Wildman–Crippen MR) is 131 cm³/mol. The van der Waals surface area contributed by atoms with Crippen LogP contribution in [0.2, 0.25) is 0 Å². The number of unbranched alkanes of at least 4 members (excludes halogenated alkanes) is 17. The predicted octanol–water partition coefficient (Wildman–Crippen LogP) is 8.62. The third-order valence-corrected chi connectivity index (χ3v) is 6.61. The highest BCUT2D eigenvalue weighted by atomic mass is 16.4. The molecule has 0 rings (SSSR count). The summed E-state index contributed by atoms with van der Waals surface area (Å²) < 4.78 is 0. The van der Waals surface area contributed by atoms with E-state index >= 15 is 0 Å². The first kappa shape index (κ1) is 29.9. The number of carboxylic acid groups (broad SMARTS) is 2. The number of carboxylic acids is 2. The van der Waals surface area contributed by atoms with Crippen LogP contribution in [0.15, 0.2) is 0 Å². The molecule has 2 unspecified atom stereocenters. The van der Waals surface area contributed by atoms with Crippen LogP contribution in [0.25, 0.3) is 0 Å². The molecule has 2 atom stereocenters. The van der Waals surface area contributed by atoms with E-state index in [-0.39, 0.29) is 0 Å². The van der Waals surface area contributed by atoms with Crippen molar-refractivity contribution in [2.75, 3.05) is 0 Å². The standard InChI is InChI=1S/C27H52O4/c1-3-5-7-9-11-12-13-14-15-17-19-21-23-25(27(30)31)24(26(28)29)22-20-18-16-10-8-6-4-2/h24-25H,3-23H2,1-2H3,(H,28,29)(H,30,31). The summed E-state index contributed by atoms with van der Waals surface area (Å²) in [4.78, 5) is 23.4. The Balaban J connectivity index is 3.94. The van der Waals surface area contributed by atoms with E-state index in [1.807, 2.05) is 0 Å². The largest absolute Gasteiger partial charge is 0.481 e. The van der Waals surface area contributed by atoms with Gasteiger partial charge < -0.3 is 10.2 Å². The zero-order valence-electron chi connectivity index (χ0n) is 20.7. The van der Waals surface area contributed by atoms with Gasteiger partial charge in [0, 0.05) is 0 Å². The molecule has 0 aromatic heterocycles. The molecule has 0 amide bonds. The Morgan fingerprint density at radius 2 is 0.677 bits per heavy atom. The van der Waals surface area contributed by atoms with Crippen molar-refractivity contribution < 1.29 is 19.8 Å². The summed E-state index contributed by atoms with van der Waals surface area (Å²) in [5, 5.41) is 19.2. The Bertz CT molecular complexity index is 421. The van der Waals surface area contributed by atoms with Crippen molar-refractivity contribution in [3.63, 3.8) is 0 Å². The monoisotopic (exact) mass is 440 g/mol. The van der Waals surface area contributed by atoms with Crippen molar-refractivity contribution in [2.24, 2.45) is 11.8 Å². The first-order valence-corrected chi connectivity index (χ1v) is 13.5. The van der Waals surface area contributed by atoms with Crippen LogP contribution in [0, 0.1) is 11.8 Å². The Morgan fingerprint density at radius 3 is 0.903 bits per heavy atom. The van der Waals surface area contributed by atoms with Gasteiger partial charge in [0.15, 0.2) is 0 Å². The van der Waals surface area contributed by atoms with E-state index in [0.29, 0.717) is 12.8 Å². The third-order valence-electron chi connectivity index (χ3n) is 6.61. The van der Waals surface area contributed by atoms with Crippen LogP contribution in [0.4, 0.5) is 0 Å². The van der Waals surface area contributed by atoms with Gasteiger partial charge in [-0.1, -0.05) is 136 Å². The summed E-state index contributed by atoms with van der Waals surface area (Å²) in [6.07, 6.45) is 23.8. The van der Waals surface area contributed by atoms with Gasteiger partial charge in [-0.15, -0.1) is 0 Å². The second kappa shape index (κ2) is 22.1. The van der Waals surface area contributed by atoms with E-state index in [9.17, 15) is 19.8 Å². The molecule has 0 saturated carbocycles. The zero-order valence-corrected chi connectivity index (χ0v) is 20.7. The quantitative estimate of drug-likeness (QED) is 0.147. The van der Waals surface area contributed by atoms with E-state index in [1.165, 1.54) is 83.5 Å². The summed E-state index contributed by atoms with van der Waals surface area (Å²) in [5.41, 5.74) is 0. The smallest absolute Gasteiger partial charge is 0.307 e. The minimum atomic E-state index is -0.933. The highest BCUT2D eigenvalue weighted by Gasteiger charge is 2.32. The Kier molecular flexibility index (Phi) is 21.4. The Morgan fingerprint density at radius 1 is 0.452 bits per heavy atom. The van der Waals surface area contributed by atoms with Crippen LogP contribution in [0.1, 0.15) is 149 Å². The Hall–Kier alpha value is -1.06. The average Bonchev–Trinajstić information content (AvgIpc) is 2.74. The summed E-state index contributed by atoms with van der Waals surface area (Å²) in [6.45, 7) is 4.44. The molecule has 0 aromatic carbocycles. The van der Waals surface area contributed by atoms with Crippen LogP contribution < -0.4 is 0 Å². The second-order valence-electron chi connectivity index (χ2n) is 9.48. The number of aliphatic carboxylic acids is 2. The molecule has 4 heteroatoms. The molecule has 0 aliphatic rings. The van der Waals surface area contributed by atoms with Gasteiger partial charge >= 0.3 is 11.9 Å². The SMILES string of the molecule is CCCCCCCCCCCCCCC(C(=O)O)C(CCCCCCCCC)C(=O)O. The maximum Gasteiger partial charge on any atom is 0.307 e. The fraction of sp³-hybridized carbons (Fsp3) is 0.926. The molecule has 0 spiro atoms. The van der Waals surface area contributed by atoms with Gasteiger partial charge in [-0.05, 0) is 12.8 Å². The molecule has 0 fully saturated rings. The summed E-state index contributed by atoms with van der Waals surface area (Å²) in [7, 11) is 0. The van der Waals surface area contributed by atoms with Crippen molar-refractivity contribution in [3.8, 4) is 0 Å². The number of hydrogen-bond donors (Lipinski definition) is 2. The molecule has 0 aliphatic heterocycles. The highest BCUT2D eigenvalue weighted by Crippen LogP contribution is 2.26. The van der Waals surface area contributed by atoms with Crippen LogP contribution in [-0.4, -0.2) is 22.2 Å². The second-order valence-corrected chi connectivity index (χ2v) is 9.48. The minimum Gasteiger partial charge on any atom is -0.481 e. The average molecular weight is 441 g/mol. The van der Waals surface area contributed by atoms with Gasteiger partial charge in [0.2, 0.25) is 0 Å². The first-order valence-electron chi connectivity index (χ1n) is 13.5. The molecule has 184 valence electrons. The number of hydrogen-bond acceptors (Lipinski definition) is 2. The summed E-state index contributed by atoms with van der Waals surface area (Å²) >= 11 is 0. The van der Waals surface area contributed by atoms with Gasteiger partial charge in [0.1, 0.15) is 0 Å². The van der Waals surface area contributed by atoms with Gasteiger partial charge in [-0.3, -0.25) is 9.59 Å². The molecule has 0 aromatic rings. The molecule has 2 N–H and O–H groups in total. The molecular formula is C27H52O4. The van der Waals surface area contributed by atoms with Gasteiger partial charge in [0.05, 0.1) is 11.8 Å². The van der Waals surface area contributed by atoms with Crippen LogP contribution in [0.5, 0.6) is 0 Å². The summed E-state index contributed by atoms with van der Waals surface area (Å²) in [5.74, 6) is -3.34. The molecule has 0 heterocycles. The van der Waals surface area contributed by atoms with Gasteiger partial charge in [0.25, 0.3) is 0 Å². The fourth-order valence-corrected chi connectivity index (χ4v) is 4.52. The van der Waals surface area contributed by atoms with E-state index in [1.54, 1.807) is 0 Å². The van der Waals surface area contributed by atoms with Crippen LogP contribution in [0.3, 0.4) is 0 Å². The fourth-order valence-electron chi connectivity index (χ4n) is 4.52. The minimum absolute atomic E-state index is 0.498. The van der Waals surface area contributed by atoms with Crippen LogP contribution in [-0.2, 0) is 9.59 Å². The van der Waals surface area contributed by atoms with Gasteiger partial charge in [-0.2, -0.15) is 0 Å². The van der Waals surface area contributed by atoms with E-state index in [4.69, 9.17) is 0 Å². The summed E-state index contributed by atoms with van der Waals surface area (Å²) in [6, 6.07) is 0. The van der Waals surface area contributed by atoms with E-state index in [0.717, 1.165) is 38.5 Å². The maximum absolute atomic E-state index is 11.7. The lowest BCUT2D eigenvalue weighted by atomic mass is 9.84. The van der Waals surface area contributed by atoms with Gasteiger partial charge in [-0.25, -0.2) is 0 Å². The van der Waals surface area contributed by atoms with Crippen molar-refractivity contribution in [1.29, 1.82) is 0 Å². The number of rotatable bonds is 24. The topological polar surface area (TPSA) is 74.6 Å². The molecule has 4 nitrogen and oxygen atoms in total. The zero-order chi connectivity index (χ0) is 23.2. The number of carbonyl (C=O) groups is 2. The molecule has 0 saturated heterocycles. The van der Waals surface area contributed by atoms with E-state index < -0.39 is 23.8 Å². The lowest BCUT2D eigenvalue weighted by Gasteiger charge is -2.20. The van der Waals surface area contributed by atoms with Crippen molar-refractivity contribution in [1.82, 2.24) is 0 Å². The normalized spacial score (nSPS) is 13.2. The molecular weight excluding hydrogens is 388 g/mol. The molecule has 31 heavy (non-hydrogen) atoms. The van der Waals surface area contributed by atoms with Crippen molar-refractivity contribution >= 4 is 11.9 Å². The highest BCUT2D eigenvalue weighted by molar-refractivity contribution is 5.79. The lowest BCUT2D eigenvalue weighted by molar-refractivity contribution is -0.154. The maximum atomic E-state index is 11.7. The molecule has 0 bridgehead atoms. The van der Waals surface area contributed by atoms with E-state index in [2.05, 4.69) is 13.8 Å². The Labute approximate surface area is 192 Å². The first-order chi connectivity index (χ1) is 15.0. The lowest BCUT2D eigenvalue weighted by Crippen LogP contribution is -2.30. The molecule has 0 radical (unpaired) electrons. The third kappa shape index (κ3) is 18.2. The van der Waals surface area contributed by atoms with Crippen LogP contribution >= 0.6 is 0 Å². The van der Waals surface area contributed by atoms with Crippen molar-refractivity contribution in [2.45, 2.75) is 149 Å². The van der Waals surface area contributed by atoms with Crippen molar-refractivity contribution in [3.05, 3.63) is 0 Å².